The number of nitrogens with one attached hydrogen (secondary N) is 1. The van der Waals surface area contributed by atoms with Gasteiger partial charge in [0.25, 0.3) is 5.91 Å². The molecule has 2 aromatic carbocycles. The Balaban J connectivity index is 1.65. The van der Waals surface area contributed by atoms with E-state index in [1.54, 1.807) is 41.8 Å². The van der Waals surface area contributed by atoms with E-state index in [0.717, 1.165) is 6.07 Å². The first-order chi connectivity index (χ1) is 15.3. The minimum absolute atomic E-state index is 0.0470. The molecule has 0 saturated carbocycles. The van der Waals surface area contributed by atoms with E-state index in [4.69, 9.17) is 4.42 Å². The van der Waals surface area contributed by atoms with Gasteiger partial charge in [-0.2, -0.15) is 0 Å². The number of hydrogen-bond acceptors (Lipinski definition) is 6. The largest absolute Gasteiger partial charge is 0.422 e. The maximum absolute atomic E-state index is 13.7. The zero-order chi connectivity index (χ0) is 22.9. The number of aryl methyl sites for hydroxylation is 1. The number of halogens is 1. The molecule has 2 heterocycles. The number of carbonyl (C=O) groups excluding carboxylic acids is 1. The second kappa shape index (κ2) is 8.68. The maximum atomic E-state index is 13.7. The minimum Gasteiger partial charge on any atom is -0.422 e. The molecule has 1 N–H and O–H groups in total. The first kappa shape index (κ1) is 21.9. The van der Waals surface area contributed by atoms with Crippen LogP contribution in [-0.4, -0.2) is 20.9 Å². The molecule has 1 amide bonds. The van der Waals surface area contributed by atoms with Crippen molar-refractivity contribution in [2.45, 2.75) is 17.1 Å². The molecule has 4 aromatic rings. The number of benzene rings is 2. The molecule has 1 unspecified atom stereocenters. The highest BCUT2D eigenvalue weighted by Gasteiger charge is 2.31. The number of carbonyl (C=O) groups is 1. The van der Waals surface area contributed by atoms with Crippen LogP contribution in [0.5, 0.6) is 0 Å². The molecule has 4 rings (SSSR count). The van der Waals surface area contributed by atoms with Gasteiger partial charge in [0.15, 0.2) is 9.84 Å². The summed E-state index contributed by atoms with van der Waals surface area (Å²) in [5, 5.41) is 3.74. The van der Waals surface area contributed by atoms with Crippen LogP contribution in [0, 0.1) is 12.7 Å². The van der Waals surface area contributed by atoms with Crippen molar-refractivity contribution in [3.05, 3.63) is 98.3 Å². The van der Waals surface area contributed by atoms with Gasteiger partial charge in [-0.15, -0.1) is 11.3 Å². The van der Waals surface area contributed by atoms with Gasteiger partial charge in [0.05, 0.1) is 4.90 Å². The van der Waals surface area contributed by atoms with E-state index in [0.29, 0.717) is 15.8 Å². The molecule has 32 heavy (non-hydrogen) atoms. The van der Waals surface area contributed by atoms with Crippen molar-refractivity contribution in [3.63, 3.8) is 0 Å². The average Bonchev–Trinajstić information content (AvgIpc) is 3.29. The number of para-hydroxylation sites is 1. The summed E-state index contributed by atoms with van der Waals surface area (Å²) >= 11 is 1.23. The molecule has 0 radical (unpaired) electrons. The van der Waals surface area contributed by atoms with Gasteiger partial charge in [-0.25, -0.2) is 17.6 Å². The summed E-state index contributed by atoms with van der Waals surface area (Å²) in [6.07, 6.45) is 0. The van der Waals surface area contributed by atoms with Crippen molar-refractivity contribution in [3.8, 4) is 0 Å². The lowest BCUT2D eigenvalue weighted by molar-refractivity contribution is 0.0950. The highest BCUT2D eigenvalue weighted by molar-refractivity contribution is 7.91. The number of thiophene rings is 1. The monoisotopic (exact) mass is 471 g/mol. The van der Waals surface area contributed by atoms with Gasteiger partial charge in [0, 0.05) is 16.8 Å². The maximum Gasteiger partial charge on any atom is 0.349 e. The van der Waals surface area contributed by atoms with Gasteiger partial charge < -0.3 is 9.73 Å². The first-order valence-electron chi connectivity index (χ1n) is 9.62. The van der Waals surface area contributed by atoms with E-state index in [1.165, 1.54) is 36.5 Å². The molecule has 9 heteroatoms. The molecule has 2 aromatic heterocycles. The number of sulfone groups is 1. The SMILES string of the molecule is Cc1cc(S(=O)(=O)C(CNC(=O)c2cc3ccccc3oc2=O)c2cccs2)ccc1F. The van der Waals surface area contributed by atoms with E-state index in [1.807, 2.05) is 0 Å². The van der Waals surface area contributed by atoms with Crippen LogP contribution in [0.1, 0.15) is 26.0 Å². The molecule has 6 nitrogen and oxygen atoms in total. The van der Waals surface area contributed by atoms with Gasteiger partial charge in [-0.3, -0.25) is 4.79 Å². The number of rotatable bonds is 6. The fraction of sp³-hybridized carbons (Fsp3) is 0.130. The van der Waals surface area contributed by atoms with Crippen LogP contribution in [0.3, 0.4) is 0 Å². The lowest BCUT2D eigenvalue weighted by Gasteiger charge is -2.18. The zero-order valence-electron chi connectivity index (χ0n) is 16.9. The Hall–Kier alpha value is -3.30. The fourth-order valence-corrected chi connectivity index (χ4v) is 6.16. The Bertz CT molecular complexity index is 1460. The number of fused-ring (bicyclic) bond motifs is 1. The first-order valence-corrected chi connectivity index (χ1v) is 12.0. The highest BCUT2D eigenvalue weighted by atomic mass is 32.2. The Kier molecular flexibility index (Phi) is 5.94. The van der Waals surface area contributed by atoms with E-state index in [2.05, 4.69) is 5.32 Å². The third-order valence-corrected chi connectivity index (χ3v) is 8.24. The van der Waals surface area contributed by atoms with Crippen LogP contribution < -0.4 is 10.9 Å². The van der Waals surface area contributed by atoms with Crippen LogP contribution in [0.2, 0.25) is 0 Å². The molecular formula is C23H18FNO5S2. The molecule has 0 aliphatic heterocycles. The lowest BCUT2D eigenvalue weighted by Crippen LogP contribution is -2.34. The van der Waals surface area contributed by atoms with Crippen molar-refractivity contribution in [1.29, 1.82) is 0 Å². The number of hydrogen-bond donors (Lipinski definition) is 1. The van der Waals surface area contributed by atoms with Gasteiger partial charge >= 0.3 is 5.63 Å². The molecule has 0 aliphatic carbocycles. The van der Waals surface area contributed by atoms with Crippen LogP contribution in [0.25, 0.3) is 11.0 Å². The molecule has 0 aliphatic rings. The van der Waals surface area contributed by atoms with Crippen LogP contribution >= 0.6 is 11.3 Å². The van der Waals surface area contributed by atoms with Crippen molar-refractivity contribution in [2.24, 2.45) is 0 Å². The van der Waals surface area contributed by atoms with E-state index < -0.39 is 32.4 Å². The third-order valence-electron chi connectivity index (χ3n) is 5.03. The van der Waals surface area contributed by atoms with Crippen molar-refractivity contribution < 1.29 is 22.0 Å². The lowest BCUT2D eigenvalue weighted by atomic mass is 10.2. The number of amides is 1. The summed E-state index contributed by atoms with van der Waals surface area (Å²) in [5.74, 6) is -1.25. The van der Waals surface area contributed by atoms with E-state index in [-0.39, 0.29) is 22.6 Å². The van der Waals surface area contributed by atoms with Crippen molar-refractivity contribution in [2.75, 3.05) is 6.54 Å². The van der Waals surface area contributed by atoms with Crippen LogP contribution in [0.15, 0.2) is 80.2 Å². The molecular weight excluding hydrogens is 453 g/mol. The van der Waals surface area contributed by atoms with Gasteiger partial charge in [0.2, 0.25) is 0 Å². The Morgan fingerprint density at radius 3 is 2.62 bits per heavy atom. The van der Waals surface area contributed by atoms with Gasteiger partial charge in [0.1, 0.15) is 22.2 Å². The summed E-state index contributed by atoms with van der Waals surface area (Å²) in [7, 11) is -3.96. The molecule has 0 saturated heterocycles. The molecule has 164 valence electrons. The van der Waals surface area contributed by atoms with Gasteiger partial charge in [-0.1, -0.05) is 24.3 Å². The summed E-state index contributed by atoms with van der Waals surface area (Å²) in [6.45, 7) is 1.21. The normalized spacial score (nSPS) is 12.6. The van der Waals surface area contributed by atoms with Gasteiger partial charge in [-0.05, 0) is 54.3 Å². The topological polar surface area (TPSA) is 93.4 Å². The Morgan fingerprint density at radius 1 is 1.12 bits per heavy atom. The Labute approximate surface area is 187 Å². The summed E-state index contributed by atoms with van der Waals surface area (Å²) in [5.41, 5.74) is -0.483. The minimum atomic E-state index is -3.96. The van der Waals surface area contributed by atoms with Crippen LogP contribution in [-0.2, 0) is 9.84 Å². The zero-order valence-corrected chi connectivity index (χ0v) is 18.5. The predicted molar refractivity (Wildman–Crippen MR) is 120 cm³/mol. The molecule has 1 atom stereocenters. The second-order valence-electron chi connectivity index (χ2n) is 7.16. The summed E-state index contributed by atoms with van der Waals surface area (Å²) < 4.78 is 45.5. The molecule has 0 bridgehead atoms. The predicted octanol–water partition coefficient (Wildman–Crippen LogP) is 4.25. The molecule has 0 fully saturated rings. The summed E-state index contributed by atoms with van der Waals surface area (Å²) in [4.78, 5) is 25.5. The standard InChI is InChI=1S/C23H18FNO5S2/c1-14-11-16(8-9-18(14)24)32(28,29)21(20-7-4-10-31-20)13-25-22(26)17-12-15-5-2-3-6-19(15)30-23(17)27/h2-12,21H,13H2,1H3,(H,25,26). The highest BCUT2D eigenvalue weighted by Crippen LogP contribution is 2.32. The third kappa shape index (κ3) is 4.21. The van der Waals surface area contributed by atoms with Crippen molar-refractivity contribution in [1.82, 2.24) is 5.32 Å². The van der Waals surface area contributed by atoms with E-state index in [9.17, 15) is 22.4 Å². The average molecular weight is 472 g/mol. The smallest absolute Gasteiger partial charge is 0.349 e. The second-order valence-corrected chi connectivity index (χ2v) is 10.3. The van der Waals surface area contributed by atoms with Crippen LogP contribution in [0.4, 0.5) is 4.39 Å². The Morgan fingerprint density at radius 2 is 1.91 bits per heavy atom. The quantitative estimate of drug-likeness (QED) is 0.335. The summed E-state index contributed by atoms with van der Waals surface area (Å²) in [6, 6.07) is 15.1. The van der Waals surface area contributed by atoms with Crippen molar-refractivity contribution >= 4 is 38.1 Å². The fourth-order valence-electron chi connectivity index (χ4n) is 3.30. The van der Waals surface area contributed by atoms with E-state index >= 15 is 0 Å². The molecule has 0 spiro atoms.